The van der Waals surface area contributed by atoms with E-state index < -0.39 is 0 Å². The second-order valence-electron chi connectivity index (χ2n) is 6.56. The molecule has 1 aromatic carbocycles. The third-order valence-electron chi connectivity index (χ3n) is 4.27. The Bertz CT molecular complexity index is 776. The van der Waals surface area contributed by atoms with Crippen LogP contribution in [0.2, 0.25) is 0 Å². The Balaban J connectivity index is 1.89. The molecule has 0 fully saturated rings. The molecule has 0 unspecified atom stereocenters. The highest BCUT2D eigenvalue weighted by Gasteiger charge is 2.15. The van der Waals surface area contributed by atoms with Gasteiger partial charge in [-0.25, -0.2) is 14.6 Å². The first-order valence-corrected chi connectivity index (χ1v) is 10.8. The van der Waals surface area contributed by atoms with Gasteiger partial charge in [0.2, 0.25) is 0 Å². The summed E-state index contributed by atoms with van der Waals surface area (Å²) >= 11 is 1.46. The van der Waals surface area contributed by atoms with E-state index in [1.807, 2.05) is 24.3 Å². The second-order valence-corrected chi connectivity index (χ2v) is 7.57. The fraction of sp³-hybridized carbons (Fsp3) is 0.476. The molecule has 0 aliphatic carbocycles. The fourth-order valence-electron chi connectivity index (χ4n) is 2.58. The van der Waals surface area contributed by atoms with E-state index >= 15 is 0 Å². The maximum absolute atomic E-state index is 12.2. The van der Waals surface area contributed by atoms with Crippen LogP contribution in [0.15, 0.2) is 30.5 Å². The number of urea groups is 1. The molecule has 0 spiro atoms. The van der Waals surface area contributed by atoms with Gasteiger partial charge in [0.25, 0.3) is 0 Å². The Kier molecular flexibility index (Phi) is 9.59. The summed E-state index contributed by atoms with van der Waals surface area (Å²) in [5, 5.41) is 3.56. The zero-order valence-electron chi connectivity index (χ0n) is 17.3. The van der Waals surface area contributed by atoms with Crippen LogP contribution in [0.5, 0.6) is 0 Å². The first kappa shape index (κ1) is 22.8. The van der Waals surface area contributed by atoms with Crippen molar-refractivity contribution in [2.75, 3.05) is 25.1 Å². The van der Waals surface area contributed by atoms with Gasteiger partial charge in [-0.2, -0.15) is 4.89 Å². The van der Waals surface area contributed by atoms with Crippen LogP contribution in [-0.2, 0) is 21.0 Å². The van der Waals surface area contributed by atoms with E-state index in [1.54, 1.807) is 25.1 Å². The quantitative estimate of drug-likeness (QED) is 0.328. The van der Waals surface area contributed by atoms with Gasteiger partial charge in [-0.3, -0.25) is 9.79 Å². The average molecular weight is 420 g/mol. The molecule has 0 aliphatic rings. The molecule has 0 aliphatic heterocycles. The smallest absolute Gasteiger partial charge is 0.338 e. The Morgan fingerprint density at radius 1 is 1.17 bits per heavy atom. The van der Waals surface area contributed by atoms with Gasteiger partial charge in [0, 0.05) is 19.8 Å². The summed E-state index contributed by atoms with van der Waals surface area (Å²) in [6, 6.07) is 7.80. The lowest BCUT2D eigenvalue weighted by atomic mass is 10.1. The van der Waals surface area contributed by atoms with Crippen LogP contribution in [0.1, 0.15) is 45.1 Å². The van der Waals surface area contributed by atoms with Gasteiger partial charge in [-0.05, 0) is 30.9 Å². The van der Waals surface area contributed by atoms with E-state index in [0.29, 0.717) is 24.7 Å². The summed E-state index contributed by atoms with van der Waals surface area (Å²) in [4.78, 5) is 39.9. The molecule has 7 nitrogen and oxygen atoms in total. The third kappa shape index (κ3) is 7.47. The van der Waals surface area contributed by atoms with Crippen molar-refractivity contribution < 1.29 is 19.4 Å². The topological polar surface area (TPSA) is 80.8 Å². The molecule has 0 saturated heterocycles. The molecule has 2 rings (SSSR count). The summed E-state index contributed by atoms with van der Waals surface area (Å²) < 4.78 is 0. The van der Waals surface area contributed by atoms with Gasteiger partial charge < -0.3 is 5.32 Å². The molecule has 29 heavy (non-hydrogen) atoms. The largest absolute Gasteiger partial charge is 0.342 e. The Labute approximate surface area is 176 Å². The summed E-state index contributed by atoms with van der Waals surface area (Å²) in [6.45, 7) is 4.91. The number of aryl methyl sites for hydroxylation is 1. The second kappa shape index (κ2) is 12.2. The number of rotatable bonds is 11. The zero-order valence-corrected chi connectivity index (χ0v) is 18.1. The SMILES string of the molecule is CCCCCNC(=O)N(C)c1ncc(-c2ccc(CCC(=O)OOCC)cc2)s1. The van der Waals surface area contributed by atoms with Crippen LogP contribution in [0, 0.1) is 0 Å². The minimum absolute atomic E-state index is 0.142. The molecule has 1 heterocycles. The molecule has 0 saturated carbocycles. The average Bonchev–Trinajstić information content (AvgIpc) is 3.23. The molecular weight excluding hydrogens is 390 g/mol. The summed E-state index contributed by atoms with van der Waals surface area (Å²) in [5.41, 5.74) is 2.06. The maximum atomic E-state index is 12.2. The number of thiazole rings is 1. The van der Waals surface area contributed by atoms with E-state index in [4.69, 9.17) is 0 Å². The van der Waals surface area contributed by atoms with E-state index in [-0.39, 0.29) is 18.4 Å². The van der Waals surface area contributed by atoms with Crippen molar-refractivity contribution >= 4 is 28.5 Å². The highest BCUT2D eigenvalue weighted by Crippen LogP contribution is 2.31. The first-order valence-electron chi connectivity index (χ1n) is 9.94. The zero-order chi connectivity index (χ0) is 21.1. The van der Waals surface area contributed by atoms with Crippen molar-refractivity contribution in [2.24, 2.45) is 0 Å². The lowest BCUT2D eigenvalue weighted by Crippen LogP contribution is -2.37. The van der Waals surface area contributed by atoms with Crippen molar-refractivity contribution in [2.45, 2.75) is 46.0 Å². The van der Waals surface area contributed by atoms with E-state index in [9.17, 15) is 9.59 Å². The number of nitrogens with one attached hydrogen (secondary N) is 1. The van der Waals surface area contributed by atoms with Crippen LogP contribution in [0.4, 0.5) is 9.93 Å². The molecule has 1 N–H and O–H groups in total. The number of hydrogen-bond acceptors (Lipinski definition) is 6. The Morgan fingerprint density at radius 3 is 2.62 bits per heavy atom. The van der Waals surface area contributed by atoms with Crippen LogP contribution in [0.3, 0.4) is 0 Å². The number of carbonyl (C=O) groups is 2. The highest BCUT2D eigenvalue weighted by atomic mass is 32.1. The van der Waals surface area contributed by atoms with Crippen LogP contribution < -0.4 is 10.2 Å². The van der Waals surface area contributed by atoms with Crippen molar-refractivity contribution in [3.8, 4) is 10.4 Å². The lowest BCUT2D eigenvalue weighted by molar-refractivity contribution is -0.269. The number of aromatic nitrogens is 1. The minimum Gasteiger partial charge on any atom is -0.338 e. The van der Waals surface area contributed by atoms with Crippen LogP contribution in [0.25, 0.3) is 10.4 Å². The minimum atomic E-state index is -0.376. The van der Waals surface area contributed by atoms with Crippen molar-refractivity contribution in [1.82, 2.24) is 10.3 Å². The lowest BCUT2D eigenvalue weighted by Gasteiger charge is -2.14. The summed E-state index contributed by atoms with van der Waals surface area (Å²) in [6.07, 6.45) is 5.83. The molecule has 2 amide bonds. The van der Waals surface area contributed by atoms with Crippen LogP contribution in [-0.4, -0.2) is 37.2 Å². The van der Waals surface area contributed by atoms with Gasteiger partial charge in [0.05, 0.1) is 17.9 Å². The molecule has 0 bridgehead atoms. The predicted molar refractivity (Wildman–Crippen MR) is 115 cm³/mol. The normalized spacial score (nSPS) is 10.6. The molecule has 158 valence electrons. The molecule has 0 atom stereocenters. The standard InChI is InChI=1S/C21H29N3O4S/c1-4-6-7-14-22-20(26)24(3)21-23-15-18(29-21)17-11-8-16(9-12-17)10-13-19(25)28-27-5-2/h8-9,11-12,15H,4-7,10,13-14H2,1-3H3,(H,22,26). The van der Waals surface area contributed by atoms with Crippen molar-refractivity contribution in [3.63, 3.8) is 0 Å². The number of hydrogen-bond donors (Lipinski definition) is 1. The third-order valence-corrected chi connectivity index (χ3v) is 5.39. The van der Waals surface area contributed by atoms with Gasteiger partial charge in [-0.1, -0.05) is 55.4 Å². The molecule has 1 aromatic heterocycles. The van der Waals surface area contributed by atoms with Gasteiger partial charge in [-0.15, -0.1) is 0 Å². The highest BCUT2D eigenvalue weighted by molar-refractivity contribution is 7.19. The van der Waals surface area contributed by atoms with Crippen LogP contribution >= 0.6 is 11.3 Å². The van der Waals surface area contributed by atoms with Crippen molar-refractivity contribution in [3.05, 3.63) is 36.0 Å². The Hall–Kier alpha value is -2.45. The van der Waals surface area contributed by atoms with E-state index in [1.165, 1.54) is 11.3 Å². The molecular formula is C21H29N3O4S. The van der Waals surface area contributed by atoms with Gasteiger partial charge >= 0.3 is 12.0 Å². The fourth-order valence-corrected chi connectivity index (χ4v) is 3.46. The number of unbranched alkanes of at least 4 members (excludes halogenated alkanes) is 2. The van der Waals surface area contributed by atoms with Gasteiger partial charge in [0.15, 0.2) is 5.13 Å². The predicted octanol–water partition coefficient (Wildman–Crippen LogP) is 4.57. The first-order chi connectivity index (χ1) is 14.0. The molecule has 2 aromatic rings. The molecule has 0 radical (unpaired) electrons. The summed E-state index contributed by atoms with van der Waals surface area (Å²) in [7, 11) is 1.72. The number of nitrogens with zero attached hydrogens (tertiary/aromatic N) is 2. The van der Waals surface area contributed by atoms with E-state index in [0.717, 1.165) is 35.3 Å². The number of carbonyl (C=O) groups excluding carboxylic acids is 2. The Morgan fingerprint density at radius 2 is 1.93 bits per heavy atom. The van der Waals surface area contributed by atoms with Gasteiger partial charge in [0.1, 0.15) is 0 Å². The monoisotopic (exact) mass is 419 g/mol. The number of benzene rings is 1. The number of anilines is 1. The van der Waals surface area contributed by atoms with Crippen molar-refractivity contribution in [1.29, 1.82) is 0 Å². The summed E-state index contributed by atoms with van der Waals surface area (Å²) in [5.74, 6) is -0.376. The molecule has 8 heteroatoms. The van der Waals surface area contributed by atoms with E-state index in [2.05, 4.69) is 27.0 Å². The number of amides is 2. The maximum Gasteiger partial charge on any atom is 0.342 e.